The summed E-state index contributed by atoms with van der Waals surface area (Å²) in [5, 5.41) is 0. The average Bonchev–Trinajstić information content (AvgIpc) is 1.64. The zero-order valence-corrected chi connectivity index (χ0v) is 7.02. The van der Waals surface area contributed by atoms with Crippen LogP contribution in [-0.4, -0.2) is 12.5 Å². The third kappa shape index (κ3) is 1.45. The molecule has 0 amide bonds. The van der Waals surface area contributed by atoms with Crippen molar-refractivity contribution in [1.29, 1.82) is 0 Å². The lowest BCUT2D eigenvalue weighted by molar-refractivity contribution is 0.290. The molecular formula is C3H7O2PS2. The largest absolute Gasteiger partial charge is 0.322 e. The summed E-state index contributed by atoms with van der Waals surface area (Å²) in [6.07, 6.45) is 0. The summed E-state index contributed by atoms with van der Waals surface area (Å²) >= 11 is 6.57. The van der Waals surface area contributed by atoms with Gasteiger partial charge < -0.3 is 9.05 Å². The van der Waals surface area contributed by atoms with Crippen LogP contribution in [0.15, 0.2) is 0 Å². The Morgan fingerprint density at radius 1 is 2.00 bits per heavy atom. The van der Waals surface area contributed by atoms with E-state index in [4.69, 9.17) is 20.9 Å². The minimum atomic E-state index is -1.74. The Labute approximate surface area is 57.9 Å². The van der Waals surface area contributed by atoms with Crippen LogP contribution >= 0.6 is 17.1 Å². The molecule has 0 spiro atoms. The van der Waals surface area contributed by atoms with Crippen LogP contribution in [0.2, 0.25) is 0 Å². The van der Waals surface area contributed by atoms with E-state index in [0.717, 1.165) is 5.94 Å². The minimum Gasteiger partial charge on any atom is -0.322 e. The quantitative estimate of drug-likeness (QED) is 0.589. The standard InChI is InChI=1S/C3H7O2PS2/c1-2-4-6(7)5-3-8-6/h2-3H2,1H3. The molecule has 5 heteroatoms. The van der Waals surface area contributed by atoms with E-state index in [-0.39, 0.29) is 0 Å². The summed E-state index contributed by atoms with van der Waals surface area (Å²) in [6, 6.07) is 0. The Kier molecular flexibility index (Phi) is 2.35. The topological polar surface area (TPSA) is 18.5 Å². The van der Waals surface area contributed by atoms with E-state index in [1.807, 2.05) is 6.92 Å². The maximum atomic E-state index is 5.13. The molecule has 0 saturated carbocycles. The zero-order valence-electron chi connectivity index (χ0n) is 4.49. The second kappa shape index (κ2) is 2.67. The molecule has 1 heterocycles. The van der Waals surface area contributed by atoms with Gasteiger partial charge in [-0.15, -0.1) is 0 Å². The van der Waals surface area contributed by atoms with Crippen molar-refractivity contribution < 1.29 is 9.05 Å². The van der Waals surface area contributed by atoms with Crippen LogP contribution in [0, 0.1) is 0 Å². The molecule has 0 aromatic heterocycles. The van der Waals surface area contributed by atoms with Gasteiger partial charge in [0.2, 0.25) is 5.69 Å². The van der Waals surface area contributed by atoms with Crippen LogP contribution < -0.4 is 0 Å². The molecule has 1 rings (SSSR count). The lowest BCUT2D eigenvalue weighted by atomic mass is 10.9. The van der Waals surface area contributed by atoms with Gasteiger partial charge in [-0.25, -0.2) is 0 Å². The van der Waals surface area contributed by atoms with Gasteiger partial charge in [0.05, 0.1) is 6.61 Å². The fourth-order valence-electron chi connectivity index (χ4n) is 0.371. The van der Waals surface area contributed by atoms with E-state index in [0.29, 0.717) is 6.61 Å². The molecule has 2 nitrogen and oxygen atoms in total. The van der Waals surface area contributed by atoms with E-state index in [2.05, 4.69) is 0 Å². The lowest BCUT2D eigenvalue weighted by Crippen LogP contribution is -2.00. The molecule has 1 saturated heterocycles. The number of hydrogen-bond acceptors (Lipinski definition) is 4. The Hall–Kier alpha value is 0.920. The van der Waals surface area contributed by atoms with Gasteiger partial charge >= 0.3 is 0 Å². The smallest absolute Gasteiger partial charge is 0.250 e. The average molecular weight is 170 g/mol. The van der Waals surface area contributed by atoms with Crippen LogP contribution in [0.3, 0.4) is 0 Å². The van der Waals surface area contributed by atoms with Crippen LogP contribution in [0.25, 0.3) is 0 Å². The molecule has 8 heavy (non-hydrogen) atoms. The molecule has 0 bridgehead atoms. The summed E-state index contributed by atoms with van der Waals surface area (Å²) in [5.74, 6) is 0.720. The van der Waals surface area contributed by atoms with Gasteiger partial charge in [0.1, 0.15) is 5.94 Å². The molecule has 0 radical (unpaired) electrons. The maximum Gasteiger partial charge on any atom is 0.250 e. The van der Waals surface area contributed by atoms with E-state index in [9.17, 15) is 0 Å². The van der Waals surface area contributed by atoms with Gasteiger partial charge in [0.15, 0.2) is 0 Å². The predicted octanol–water partition coefficient (Wildman–Crippen LogP) is 1.97. The SMILES string of the molecule is CCOP1(=S)OCS1. The number of hydrogen-bond donors (Lipinski definition) is 0. The van der Waals surface area contributed by atoms with Gasteiger partial charge in [-0.05, 0) is 30.1 Å². The highest BCUT2D eigenvalue weighted by Gasteiger charge is 2.28. The first-order chi connectivity index (χ1) is 3.77. The van der Waals surface area contributed by atoms with E-state index < -0.39 is 5.69 Å². The highest BCUT2D eigenvalue weighted by atomic mass is 32.9. The second-order valence-corrected chi connectivity index (χ2v) is 7.50. The van der Waals surface area contributed by atoms with Crippen LogP contribution in [0.1, 0.15) is 6.92 Å². The van der Waals surface area contributed by atoms with Gasteiger partial charge in [0.25, 0.3) is 0 Å². The van der Waals surface area contributed by atoms with Crippen molar-refractivity contribution >= 4 is 28.9 Å². The minimum absolute atomic E-state index is 0.671. The van der Waals surface area contributed by atoms with Gasteiger partial charge in [-0.2, -0.15) is 0 Å². The molecule has 1 aliphatic heterocycles. The lowest BCUT2D eigenvalue weighted by Gasteiger charge is -2.27. The maximum absolute atomic E-state index is 5.13. The zero-order chi connectivity index (χ0) is 6.04. The molecule has 0 N–H and O–H groups in total. The van der Waals surface area contributed by atoms with Crippen molar-refractivity contribution in [1.82, 2.24) is 0 Å². The molecule has 0 aliphatic carbocycles. The Balaban J connectivity index is 2.31. The first-order valence-electron chi connectivity index (χ1n) is 2.30. The summed E-state index contributed by atoms with van der Waals surface area (Å²) < 4.78 is 10.2. The fourth-order valence-corrected chi connectivity index (χ4v) is 3.58. The highest BCUT2D eigenvalue weighted by molar-refractivity contribution is 8.69. The van der Waals surface area contributed by atoms with Crippen molar-refractivity contribution in [3.05, 3.63) is 0 Å². The van der Waals surface area contributed by atoms with E-state index in [1.165, 1.54) is 0 Å². The molecule has 0 aromatic carbocycles. The van der Waals surface area contributed by atoms with E-state index in [1.54, 1.807) is 11.4 Å². The van der Waals surface area contributed by atoms with Gasteiger partial charge in [0, 0.05) is 0 Å². The predicted molar refractivity (Wildman–Crippen MR) is 39.5 cm³/mol. The summed E-state index contributed by atoms with van der Waals surface area (Å²) in [7, 11) is 0. The summed E-state index contributed by atoms with van der Waals surface area (Å²) in [4.78, 5) is 0. The Morgan fingerprint density at radius 3 is 2.75 bits per heavy atom. The second-order valence-electron chi connectivity index (χ2n) is 1.24. The fraction of sp³-hybridized carbons (Fsp3) is 1.00. The van der Waals surface area contributed by atoms with Crippen molar-refractivity contribution in [2.24, 2.45) is 0 Å². The Morgan fingerprint density at radius 2 is 2.62 bits per heavy atom. The molecule has 1 aliphatic rings. The first-order valence-corrected chi connectivity index (χ1v) is 6.53. The van der Waals surface area contributed by atoms with Gasteiger partial charge in [-0.3, -0.25) is 0 Å². The van der Waals surface area contributed by atoms with Crippen molar-refractivity contribution in [3.8, 4) is 0 Å². The third-order valence-corrected chi connectivity index (χ3v) is 5.92. The van der Waals surface area contributed by atoms with Crippen molar-refractivity contribution in [2.75, 3.05) is 12.5 Å². The first kappa shape index (κ1) is 7.03. The number of rotatable bonds is 2. The highest BCUT2D eigenvalue weighted by Crippen LogP contribution is 2.69. The van der Waals surface area contributed by atoms with Crippen LogP contribution in [0.4, 0.5) is 0 Å². The van der Waals surface area contributed by atoms with Crippen LogP contribution in [0.5, 0.6) is 0 Å². The van der Waals surface area contributed by atoms with E-state index >= 15 is 0 Å². The summed E-state index contributed by atoms with van der Waals surface area (Å²) in [5.41, 5.74) is -1.74. The molecule has 48 valence electrons. The van der Waals surface area contributed by atoms with Crippen LogP contribution in [-0.2, 0) is 20.9 Å². The molecule has 0 aromatic rings. The van der Waals surface area contributed by atoms with Crippen molar-refractivity contribution in [2.45, 2.75) is 6.92 Å². The molecule has 1 unspecified atom stereocenters. The molecule has 1 atom stereocenters. The van der Waals surface area contributed by atoms with Gasteiger partial charge in [-0.1, -0.05) is 0 Å². The summed E-state index contributed by atoms with van der Waals surface area (Å²) in [6.45, 7) is 2.60. The van der Waals surface area contributed by atoms with Crippen molar-refractivity contribution in [3.63, 3.8) is 0 Å². The molecule has 1 fully saturated rings. The Bertz CT molecular complexity index is 118. The monoisotopic (exact) mass is 170 g/mol. The third-order valence-electron chi connectivity index (χ3n) is 0.709. The molecular weight excluding hydrogens is 163 g/mol. The normalized spacial score (nSPS) is 36.6.